The molecule has 1 atom stereocenters. The molecule has 0 amide bonds. The monoisotopic (exact) mass is 316 g/mol. The summed E-state index contributed by atoms with van der Waals surface area (Å²) in [5.41, 5.74) is 7.97. The van der Waals surface area contributed by atoms with Crippen molar-refractivity contribution in [2.45, 2.75) is 33.0 Å². The third kappa shape index (κ3) is 2.93. The van der Waals surface area contributed by atoms with Crippen molar-refractivity contribution >= 4 is 15.9 Å². The van der Waals surface area contributed by atoms with Crippen LogP contribution in [0, 0.1) is 6.92 Å². The van der Waals surface area contributed by atoms with Crippen LogP contribution in [-0.4, -0.2) is 47.0 Å². The van der Waals surface area contributed by atoms with Gasteiger partial charge in [0.1, 0.15) is 0 Å². The van der Waals surface area contributed by atoms with E-state index in [1.807, 2.05) is 6.92 Å². The van der Waals surface area contributed by atoms with Gasteiger partial charge in [0, 0.05) is 32.7 Å². The summed E-state index contributed by atoms with van der Waals surface area (Å²) in [5.74, 6) is 0. The van der Waals surface area contributed by atoms with Gasteiger partial charge in [-0.05, 0) is 29.8 Å². The number of aryl methyl sites for hydroxylation is 2. The van der Waals surface area contributed by atoms with Crippen molar-refractivity contribution in [3.05, 3.63) is 15.9 Å². The summed E-state index contributed by atoms with van der Waals surface area (Å²) >= 11 is 3.63. The number of hydrogen-bond acceptors (Lipinski definition) is 4. The highest BCUT2D eigenvalue weighted by Crippen LogP contribution is 2.23. The molecule has 2 heterocycles. The lowest BCUT2D eigenvalue weighted by molar-refractivity contribution is -0.0268. The summed E-state index contributed by atoms with van der Waals surface area (Å²) < 4.78 is 8.77. The molecular formula is C12H21BrN4O. The maximum atomic E-state index is 5.67. The van der Waals surface area contributed by atoms with E-state index in [0.29, 0.717) is 6.54 Å². The van der Waals surface area contributed by atoms with Crippen LogP contribution in [-0.2, 0) is 17.8 Å². The first kappa shape index (κ1) is 14.0. The summed E-state index contributed by atoms with van der Waals surface area (Å²) in [6, 6.07) is 0. The second-order valence-electron chi connectivity index (χ2n) is 4.63. The molecule has 1 aliphatic rings. The van der Waals surface area contributed by atoms with Crippen LogP contribution in [0.3, 0.4) is 0 Å². The highest BCUT2D eigenvalue weighted by Gasteiger charge is 2.22. The zero-order valence-corrected chi connectivity index (χ0v) is 12.6. The fourth-order valence-electron chi connectivity index (χ4n) is 2.30. The Labute approximate surface area is 116 Å². The van der Waals surface area contributed by atoms with Gasteiger partial charge in [0.25, 0.3) is 0 Å². The maximum Gasteiger partial charge on any atom is 0.0824 e. The summed E-state index contributed by atoms with van der Waals surface area (Å²) in [6.07, 6.45) is 0.164. The van der Waals surface area contributed by atoms with E-state index in [4.69, 9.17) is 10.5 Å². The summed E-state index contributed by atoms with van der Waals surface area (Å²) in [6.45, 7) is 9.14. The van der Waals surface area contributed by atoms with Gasteiger partial charge in [0.15, 0.2) is 0 Å². The molecule has 2 rings (SSSR count). The first-order valence-corrected chi connectivity index (χ1v) is 7.20. The Bertz CT molecular complexity index is 407. The second kappa shape index (κ2) is 6.14. The first-order valence-electron chi connectivity index (χ1n) is 6.41. The number of ether oxygens (including phenoxy) is 1. The molecule has 0 spiro atoms. The van der Waals surface area contributed by atoms with E-state index in [9.17, 15) is 0 Å². The van der Waals surface area contributed by atoms with E-state index >= 15 is 0 Å². The highest BCUT2D eigenvalue weighted by molar-refractivity contribution is 9.10. The third-order valence-electron chi connectivity index (χ3n) is 3.31. The van der Waals surface area contributed by atoms with Crippen molar-refractivity contribution in [3.8, 4) is 0 Å². The van der Waals surface area contributed by atoms with E-state index in [1.165, 1.54) is 5.69 Å². The van der Waals surface area contributed by atoms with E-state index < -0.39 is 0 Å². The number of hydrogen-bond donors (Lipinski definition) is 1. The Balaban J connectivity index is 2.08. The van der Waals surface area contributed by atoms with Crippen LogP contribution < -0.4 is 5.73 Å². The lowest BCUT2D eigenvalue weighted by Crippen LogP contribution is -2.45. The molecule has 1 aromatic rings. The Hall–Kier alpha value is -0.430. The standard InChI is InChI=1S/C12H21BrN4O/c1-3-17-11(12(13)9(2)15-17)8-16-4-5-18-10(6-14)7-16/h10H,3-8,14H2,1-2H3. The second-order valence-corrected chi connectivity index (χ2v) is 5.42. The number of aromatic nitrogens is 2. The topological polar surface area (TPSA) is 56.3 Å². The average Bonchev–Trinajstić information content (AvgIpc) is 2.67. The van der Waals surface area contributed by atoms with Gasteiger partial charge in [-0.3, -0.25) is 9.58 Å². The minimum absolute atomic E-state index is 0.164. The Morgan fingerprint density at radius 2 is 2.33 bits per heavy atom. The predicted octanol–water partition coefficient (Wildman–Crippen LogP) is 1.13. The minimum atomic E-state index is 0.164. The van der Waals surface area contributed by atoms with E-state index in [1.54, 1.807) is 0 Å². The third-order valence-corrected chi connectivity index (χ3v) is 4.34. The van der Waals surface area contributed by atoms with E-state index in [0.717, 1.165) is 43.0 Å². The van der Waals surface area contributed by atoms with Crippen LogP contribution in [0.25, 0.3) is 0 Å². The molecule has 102 valence electrons. The van der Waals surface area contributed by atoms with Crippen LogP contribution in [0.15, 0.2) is 4.47 Å². The molecule has 0 radical (unpaired) electrons. The molecule has 1 aromatic heterocycles. The zero-order valence-electron chi connectivity index (χ0n) is 11.0. The van der Waals surface area contributed by atoms with Crippen molar-refractivity contribution in [3.63, 3.8) is 0 Å². The van der Waals surface area contributed by atoms with Crippen LogP contribution in [0.4, 0.5) is 0 Å². The molecule has 1 unspecified atom stereocenters. The maximum absolute atomic E-state index is 5.67. The van der Waals surface area contributed by atoms with Gasteiger partial charge in [-0.1, -0.05) is 0 Å². The lowest BCUT2D eigenvalue weighted by Gasteiger charge is -2.32. The largest absolute Gasteiger partial charge is 0.374 e. The summed E-state index contributed by atoms with van der Waals surface area (Å²) in [4.78, 5) is 2.38. The molecular weight excluding hydrogens is 296 g/mol. The fourth-order valence-corrected chi connectivity index (χ4v) is 2.71. The minimum Gasteiger partial charge on any atom is -0.374 e. The molecule has 2 N–H and O–H groups in total. The Kier molecular flexibility index (Phi) is 4.77. The number of halogens is 1. The smallest absolute Gasteiger partial charge is 0.0824 e. The number of nitrogens with two attached hydrogens (primary N) is 1. The van der Waals surface area contributed by atoms with E-state index in [2.05, 4.69) is 37.5 Å². The van der Waals surface area contributed by atoms with Crippen LogP contribution in [0.2, 0.25) is 0 Å². The van der Waals surface area contributed by atoms with Gasteiger partial charge in [-0.25, -0.2) is 0 Å². The summed E-state index contributed by atoms with van der Waals surface area (Å²) in [7, 11) is 0. The fraction of sp³-hybridized carbons (Fsp3) is 0.750. The molecule has 0 aromatic carbocycles. The van der Waals surface area contributed by atoms with Gasteiger partial charge < -0.3 is 10.5 Å². The zero-order chi connectivity index (χ0) is 13.1. The Morgan fingerprint density at radius 3 is 3.00 bits per heavy atom. The van der Waals surface area contributed by atoms with Crippen LogP contribution in [0.1, 0.15) is 18.3 Å². The molecule has 1 saturated heterocycles. The average molecular weight is 317 g/mol. The highest BCUT2D eigenvalue weighted by atomic mass is 79.9. The first-order chi connectivity index (χ1) is 8.65. The van der Waals surface area contributed by atoms with Crippen molar-refractivity contribution in [2.75, 3.05) is 26.2 Å². The van der Waals surface area contributed by atoms with Gasteiger partial charge in [0.2, 0.25) is 0 Å². The molecule has 1 fully saturated rings. The normalized spacial score (nSPS) is 21.4. The van der Waals surface area contributed by atoms with Gasteiger partial charge >= 0.3 is 0 Å². The molecule has 18 heavy (non-hydrogen) atoms. The quantitative estimate of drug-likeness (QED) is 0.905. The lowest BCUT2D eigenvalue weighted by atomic mass is 10.2. The van der Waals surface area contributed by atoms with Crippen LogP contribution in [0.5, 0.6) is 0 Å². The van der Waals surface area contributed by atoms with Gasteiger partial charge in [0.05, 0.1) is 28.6 Å². The van der Waals surface area contributed by atoms with Crippen molar-refractivity contribution < 1.29 is 4.74 Å². The molecule has 0 aliphatic carbocycles. The number of nitrogens with zero attached hydrogens (tertiary/aromatic N) is 3. The molecule has 6 heteroatoms. The Morgan fingerprint density at radius 1 is 1.56 bits per heavy atom. The van der Waals surface area contributed by atoms with Gasteiger partial charge in [-0.15, -0.1) is 0 Å². The van der Waals surface area contributed by atoms with Crippen molar-refractivity contribution in [1.29, 1.82) is 0 Å². The van der Waals surface area contributed by atoms with Crippen LogP contribution >= 0.6 is 15.9 Å². The number of rotatable bonds is 4. The number of morpholine rings is 1. The predicted molar refractivity (Wildman–Crippen MR) is 74.4 cm³/mol. The SMILES string of the molecule is CCn1nc(C)c(Br)c1CN1CCOC(CN)C1. The van der Waals surface area contributed by atoms with Crippen molar-refractivity contribution in [2.24, 2.45) is 5.73 Å². The summed E-state index contributed by atoms with van der Waals surface area (Å²) in [5, 5.41) is 4.52. The van der Waals surface area contributed by atoms with Crippen molar-refractivity contribution in [1.82, 2.24) is 14.7 Å². The molecule has 1 aliphatic heterocycles. The van der Waals surface area contributed by atoms with E-state index in [-0.39, 0.29) is 6.10 Å². The molecule has 0 saturated carbocycles. The molecule has 5 nitrogen and oxygen atoms in total. The van der Waals surface area contributed by atoms with Gasteiger partial charge in [-0.2, -0.15) is 5.10 Å². The molecule has 0 bridgehead atoms.